The van der Waals surface area contributed by atoms with Crippen molar-refractivity contribution in [1.29, 1.82) is 0 Å². The van der Waals surface area contributed by atoms with Gasteiger partial charge >= 0.3 is 0 Å². The van der Waals surface area contributed by atoms with Crippen LogP contribution in [0.5, 0.6) is 0 Å². The van der Waals surface area contributed by atoms with Crippen LogP contribution in [0.3, 0.4) is 0 Å². The first-order valence-electron chi connectivity index (χ1n) is 5.57. The van der Waals surface area contributed by atoms with Gasteiger partial charge in [0.2, 0.25) is 0 Å². The summed E-state index contributed by atoms with van der Waals surface area (Å²) in [7, 11) is 0. The molecule has 2 aromatic rings. The van der Waals surface area contributed by atoms with E-state index in [-0.39, 0.29) is 16.0 Å². The molecule has 2 aromatic carbocycles. The molecule has 0 saturated heterocycles. The lowest BCUT2D eigenvalue weighted by Gasteiger charge is -2.19. The number of non-ortho nitro benzene ring substituents is 1. The summed E-state index contributed by atoms with van der Waals surface area (Å²) in [4.78, 5) is 10.7. The van der Waals surface area contributed by atoms with Crippen molar-refractivity contribution in [3.8, 4) is 0 Å². The molecule has 0 aliphatic heterocycles. The fraction of sp³-hybridized carbons (Fsp3) is 0.286. The SMILES string of the molecule is CC(C)(C)c1ccc2cccc([N+](=O)[O-])c2c1. The molecule has 0 atom stereocenters. The summed E-state index contributed by atoms with van der Waals surface area (Å²) in [5, 5.41) is 12.6. The van der Waals surface area contributed by atoms with E-state index in [0.717, 1.165) is 10.9 Å². The van der Waals surface area contributed by atoms with Gasteiger partial charge in [0.1, 0.15) is 0 Å². The highest BCUT2D eigenvalue weighted by Crippen LogP contribution is 2.30. The second kappa shape index (κ2) is 3.84. The van der Waals surface area contributed by atoms with E-state index in [1.807, 2.05) is 24.3 Å². The minimum Gasteiger partial charge on any atom is -0.258 e. The summed E-state index contributed by atoms with van der Waals surface area (Å²) in [6.45, 7) is 6.30. The molecule has 0 bridgehead atoms. The molecule has 88 valence electrons. The molecule has 0 amide bonds. The van der Waals surface area contributed by atoms with Crippen LogP contribution in [0.4, 0.5) is 5.69 Å². The molecule has 0 fully saturated rings. The summed E-state index contributed by atoms with van der Waals surface area (Å²) >= 11 is 0. The first-order valence-corrected chi connectivity index (χ1v) is 5.57. The quantitative estimate of drug-likeness (QED) is 0.547. The Kier molecular flexibility index (Phi) is 2.62. The number of nitro benzene ring substituents is 1. The Bertz CT molecular complexity index is 582. The van der Waals surface area contributed by atoms with Gasteiger partial charge in [0, 0.05) is 6.07 Å². The molecule has 0 N–H and O–H groups in total. The van der Waals surface area contributed by atoms with Gasteiger partial charge in [-0.15, -0.1) is 0 Å². The Morgan fingerprint density at radius 2 is 1.82 bits per heavy atom. The van der Waals surface area contributed by atoms with Crippen LogP contribution in [0, 0.1) is 10.1 Å². The lowest BCUT2D eigenvalue weighted by atomic mass is 9.86. The molecule has 0 radical (unpaired) electrons. The maximum atomic E-state index is 11.0. The molecular weight excluding hydrogens is 214 g/mol. The monoisotopic (exact) mass is 229 g/mol. The largest absolute Gasteiger partial charge is 0.277 e. The van der Waals surface area contributed by atoms with Crippen LogP contribution < -0.4 is 0 Å². The van der Waals surface area contributed by atoms with E-state index in [9.17, 15) is 10.1 Å². The summed E-state index contributed by atoms with van der Waals surface area (Å²) in [6.07, 6.45) is 0. The molecule has 0 unspecified atom stereocenters. The smallest absolute Gasteiger partial charge is 0.258 e. The average Bonchev–Trinajstić information content (AvgIpc) is 2.26. The highest BCUT2D eigenvalue weighted by atomic mass is 16.6. The number of benzene rings is 2. The minimum absolute atomic E-state index is 0.00208. The third-order valence-electron chi connectivity index (χ3n) is 2.92. The number of fused-ring (bicyclic) bond motifs is 1. The van der Waals surface area contributed by atoms with Gasteiger partial charge in [0.15, 0.2) is 0 Å². The van der Waals surface area contributed by atoms with Crippen molar-refractivity contribution >= 4 is 16.5 Å². The molecule has 0 aliphatic rings. The van der Waals surface area contributed by atoms with Gasteiger partial charge in [-0.3, -0.25) is 10.1 Å². The highest BCUT2D eigenvalue weighted by molar-refractivity contribution is 5.91. The zero-order chi connectivity index (χ0) is 12.6. The van der Waals surface area contributed by atoms with E-state index in [2.05, 4.69) is 20.8 Å². The Balaban J connectivity index is 2.75. The van der Waals surface area contributed by atoms with Crippen molar-refractivity contribution in [1.82, 2.24) is 0 Å². The molecule has 2 rings (SSSR count). The second-order valence-electron chi connectivity index (χ2n) is 5.22. The first kappa shape index (κ1) is 11.6. The zero-order valence-electron chi connectivity index (χ0n) is 10.2. The van der Waals surface area contributed by atoms with Crippen molar-refractivity contribution in [3.05, 3.63) is 52.1 Å². The van der Waals surface area contributed by atoms with Gasteiger partial charge in [0.25, 0.3) is 5.69 Å². The lowest BCUT2D eigenvalue weighted by molar-refractivity contribution is -0.383. The van der Waals surface area contributed by atoms with Crippen LogP contribution in [0.25, 0.3) is 10.8 Å². The highest BCUT2D eigenvalue weighted by Gasteiger charge is 2.17. The number of hydrogen-bond donors (Lipinski definition) is 0. The van der Waals surface area contributed by atoms with Gasteiger partial charge in [0.05, 0.1) is 10.3 Å². The standard InChI is InChI=1S/C14H15NO2/c1-14(2,3)11-8-7-10-5-4-6-13(15(16)17)12(10)9-11/h4-9H,1-3H3. The topological polar surface area (TPSA) is 43.1 Å². The predicted molar refractivity (Wildman–Crippen MR) is 69.3 cm³/mol. The number of rotatable bonds is 1. The van der Waals surface area contributed by atoms with Crippen molar-refractivity contribution in [2.45, 2.75) is 26.2 Å². The van der Waals surface area contributed by atoms with Crippen LogP contribution in [0.2, 0.25) is 0 Å². The maximum Gasteiger partial charge on any atom is 0.277 e. The maximum absolute atomic E-state index is 11.0. The van der Waals surface area contributed by atoms with Gasteiger partial charge in [-0.25, -0.2) is 0 Å². The summed E-state index contributed by atoms with van der Waals surface area (Å²) in [6, 6.07) is 11.1. The number of hydrogen-bond acceptors (Lipinski definition) is 2. The van der Waals surface area contributed by atoms with Gasteiger partial charge in [-0.2, -0.15) is 0 Å². The normalized spacial score (nSPS) is 11.7. The van der Waals surface area contributed by atoms with Crippen LogP contribution in [0.1, 0.15) is 26.3 Å². The van der Waals surface area contributed by atoms with Crippen LogP contribution in [-0.2, 0) is 5.41 Å². The Hall–Kier alpha value is -1.90. The predicted octanol–water partition coefficient (Wildman–Crippen LogP) is 4.05. The molecule has 0 aromatic heterocycles. The number of nitrogens with zero attached hydrogens (tertiary/aromatic N) is 1. The molecule has 3 nitrogen and oxygen atoms in total. The first-order chi connectivity index (χ1) is 7.89. The van der Waals surface area contributed by atoms with E-state index in [1.54, 1.807) is 12.1 Å². The molecule has 17 heavy (non-hydrogen) atoms. The summed E-state index contributed by atoms with van der Waals surface area (Å²) < 4.78 is 0. The molecule has 0 spiro atoms. The van der Waals surface area contributed by atoms with Gasteiger partial charge in [-0.1, -0.05) is 45.0 Å². The van der Waals surface area contributed by atoms with Crippen molar-refractivity contribution in [2.75, 3.05) is 0 Å². The molecule has 0 saturated carbocycles. The third-order valence-corrected chi connectivity index (χ3v) is 2.92. The molecule has 0 heterocycles. The van der Waals surface area contributed by atoms with Crippen LogP contribution in [0.15, 0.2) is 36.4 Å². The fourth-order valence-electron chi connectivity index (χ4n) is 1.88. The Morgan fingerprint density at radius 3 is 2.41 bits per heavy atom. The van der Waals surface area contributed by atoms with Crippen LogP contribution >= 0.6 is 0 Å². The Morgan fingerprint density at radius 1 is 1.12 bits per heavy atom. The molecule has 0 aliphatic carbocycles. The molecular formula is C14H15NO2. The average molecular weight is 229 g/mol. The van der Waals surface area contributed by atoms with E-state index in [4.69, 9.17) is 0 Å². The second-order valence-corrected chi connectivity index (χ2v) is 5.22. The van der Waals surface area contributed by atoms with Gasteiger partial charge < -0.3 is 0 Å². The lowest BCUT2D eigenvalue weighted by Crippen LogP contribution is -2.10. The van der Waals surface area contributed by atoms with Crippen LogP contribution in [-0.4, -0.2) is 4.92 Å². The minimum atomic E-state index is -0.325. The zero-order valence-corrected chi connectivity index (χ0v) is 10.2. The van der Waals surface area contributed by atoms with Gasteiger partial charge in [-0.05, 0) is 22.4 Å². The fourth-order valence-corrected chi connectivity index (χ4v) is 1.88. The third kappa shape index (κ3) is 2.13. The summed E-state index contributed by atoms with van der Waals surface area (Å²) in [5.74, 6) is 0. The van der Waals surface area contributed by atoms with Crippen molar-refractivity contribution in [3.63, 3.8) is 0 Å². The summed E-state index contributed by atoms with van der Waals surface area (Å²) in [5.41, 5.74) is 1.28. The van der Waals surface area contributed by atoms with Crippen molar-refractivity contribution < 1.29 is 4.92 Å². The van der Waals surface area contributed by atoms with Crippen molar-refractivity contribution in [2.24, 2.45) is 0 Å². The van der Waals surface area contributed by atoms with E-state index in [0.29, 0.717) is 5.39 Å². The van der Waals surface area contributed by atoms with E-state index >= 15 is 0 Å². The van der Waals surface area contributed by atoms with E-state index < -0.39 is 0 Å². The molecule has 3 heteroatoms. The van der Waals surface area contributed by atoms with E-state index in [1.165, 1.54) is 0 Å². The Labute approximate surface area is 100 Å². The number of nitro groups is 1.